The van der Waals surface area contributed by atoms with Crippen molar-refractivity contribution in [3.05, 3.63) is 0 Å². The van der Waals surface area contributed by atoms with Gasteiger partial charge in [-0.15, -0.1) is 0 Å². The summed E-state index contributed by atoms with van der Waals surface area (Å²) in [4.78, 5) is 11.4. The first-order valence-corrected chi connectivity index (χ1v) is 7.83. The van der Waals surface area contributed by atoms with Gasteiger partial charge in [-0.05, 0) is 73.5 Å². The van der Waals surface area contributed by atoms with E-state index < -0.39 is 12.0 Å². The molecule has 0 aromatic carbocycles. The molecular formula is C16H27NO2. The van der Waals surface area contributed by atoms with E-state index in [0.29, 0.717) is 11.3 Å². The van der Waals surface area contributed by atoms with E-state index in [1.165, 1.54) is 25.7 Å². The third kappa shape index (κ3) is 2.10. The number of hydrogen-bond acceptors (Lipinski definition) is 2. The molecule has 3 heteroatoms. The van der Waals surface area contributed by atoms with Gasteiger partial charge in [0.25, 0.3) is 0 Å². The van der Waals surface area contributed by atoms with Crippen molar-refractivity contribution in [2.75, 3.05) is 0 Å². The van der Waals surface area contributed by atoms with Crippen molar-refractivity contribution in [3.8, 4) is 0 Å². The lowest BCUT2D eigenvalue weighted by atomic mass is 9.41. The summed E-state index contributed by atoms with van der Waals surface area (Å²) in [6, 6.07) is -0.648. The van der Waals surface area contributed by atoms with Crippen LogP contribution < -0.4 is 5.73 Å². The van der Waals surface area contributed by atoms with Crippen molar-refractivity contribution in [2.45, 2.75) is 64.8 Å². The standard InChI is InChI=1S/C16H27NO2/c1-10(2)4-15-5-11-3-12(6-15)8-16(7-11,9-15)13(17)14(18)19/h10-13H,3-9,17H2,1-2H3,(H,18,19). The number of aliphatic carboxylic acids is 1. The van der Waals surface area contributed by atoms with Crippen molar-refractivity contribution in [3.63, 3.8) is 0 Å². The van der Waals surface area contributed by atoms with Gasteiger partial charge >= 0.3 is 5.97 Å². The largest absolute Gasteiger partial charge is 0.480 e. The molecular weight excluding hydrogens is 238 g/mol. The molecule has 3 atom stereocenters. The molecule has 4 fully saturated rings. The van der Waals surface area contributed by atoms with E-state index in [-0.39, 0.29) is 5.41 Å². The number of carbonyl (C=O) groups is 1. The van der Waals surface area contributed by atoms with Gasteiger partial charge in [0.05, 0.1) is 0 Å². The number of carboxylic acids is 1. The quantitative estimate of drug-likeness (QED) is 0.821. The van der Waals surface area contributed by atoms with Crippen molar-refractivity contribution in [1.29, 1.82) is 0 Å². The Balaban J connectivity index is 1.90. The molecule has 108 valence electrons. The van der Waals surface area contributed by atoms with Crippen LogP contribution in [0.15, 0.2) is 0 Å². The molecule has 0 amide bonds. The Morgan fingerprint density at radius 2 is 1.84 bits per heavy atom. The molecule has 4 aliphatic rings. The summed E-state index contributed by atoms with van der Waals surface area (Å²) < 4.78 is 0. The van der Waals surface area contributed by atoms with Crippen LogP contribution in [-0.2, 0) is 4.79 Å². The highest BCUT2D eigenvalue weighted by Gasteiger charge is 2.60. The van der Waals surface area contributed by atoms with E-state index in [2.05, 4.69) is 13.8 Å². The lowest BCUT2D eigenvalue weighted by Gasteiger charge is -2.63. The van der Waals surface area contributed by atoms with E-state index in [4.69, 9.17) is 5.73 Å². The third-order valence-electron chi connectivity index (χ3n) is 5.99. The fourth-order valence-electron chi connectivity index (χ4n) is 6.26. The minimum atomic E-state index is -0.790. The summed E-state index contributed by atoms with van der Waals surface area (Å²) in [6.07, 6.45) is 8.44. The average molecular weight is 265 g/mol. The van der Waals surface area contributed by atoms with Crippen LogP contribution in [0.3, 0.4) is 0 Å². The molecule has 0 heterocycles. The van der Waals surface area contributed by atoms with Crippen LogP contribution in [0.25, 0.3) is 0 Å². The Bertz CT molecular complexity index is 371. The van der Waals surface area contributed by atoms with E-state index in [0.717, 1.165) is 31.1 Å². The monoisotopic (exact) mass is 265 g/mol. The number of hydrogen-bond donors (Lipinski definition) is 2. The molecule has 4 aliphatic carbocycles. The molecule has 0 saturated heterocycles. The topological polar surface area (TPSA) is 63.3 Å². The molecule has 4 bridgehead atoms. The Morgan fingerprint density at radius 3 is 2.32 bits per heavy atom. The van der Waals surface area contributed by atoms with Gasteiger partial charge < -0.3 is 10.8 Å². The first-order chi connectivity index (χ1) is 8.84. The highest BCUT2D eigenvalue weighted by atomic mass is 16.4. The lowest BCUT2D eigenvalue weighted by Crippen LogP contribution is -2.60. The normalized spacial score (nSPS) is 45.7. The molecule has 3 unspecified atom stereocenters. The zero-order chi connectivity index (χ0) is 13.8. The maximum Gasteiger partial charge on any atom is 0.321 e. The van der Waals surface area contributed by atoms with Crippen LogP contribution >= 0.6 is 0 Å². The van der Waals surface area contributed by atoms with Crippen LogP contribution in [0.1, 0.15) is 58.8 Å². The predicted molar refractivity (Wildman–Crippen MR) is 74.6 cm³/mol. The number of rotatable bonds is 4. The molecule has 0 aliphatic heterocycles. The summed E-state index contributed by atoms with van der Waals surface area (Å²) in [6.45, 7) is 4.59. The first kappa shape index (κ1) is 13.4. The van der Waals surface area contributed by atoms with Crippen molar-refractivity contribution < 1.29 is 9.90 Å². The second-order valence-electron chi connectivity index (χ2n) is 8.24. The third-order valence-corrected chi connectivity index (χ3v) is 5.99. The van der Waals surface area contributed by atoms with Crippen LogP contribution in [-0.4, -0.2) is 17.1 Å². The zero-order valence-corrected chi connectivity index (χ0v) is 12.2. The smallest absolute Gasteiger partial charge is 0.321 e. The molecule has 3 N–H and O–H groups in total. The fourth-order valence-corrected chi connectivity index (χ4v) is 6.26. The SMILES string of the molecule is CC(C)CC12CC3CC(C1)CC(C(N)C(=O)O)(C3)C2. The summed E-state index contributed by atoms with van der Waals surface area (Å²) >= 11 is 0. The van der Waals surface area contributed by atoms with Gasteiger partial charge in [-0.25, -0.2) is 0 Å². The van der Waals surface area contributed by atoms with E-state index >= 15 is 0 Å². The van der Waals surface area contributed by atoms with Gasteiger partial charge in [0, 0.05) is 0 Å². The Hall–Kier alpha value is -0.570. The van der Waals surface area contributed by atoms with Gasteiger partial charge in [-0.2, -0.15) is 0 Å². The van der Waals surface area contributed by atoms with Gasteiger partial charge in [0.2, 0.25) is 0 Å². The average Bonchev–Trinajstić information content (AvgIpc) is 2.23. The summed E-state index contributed by atoms with van der Waals surface area (Å²) in [7, 11) is 0. The maximum atomic E-state index is 11.4. The molecule has 4 saturated carbocycles. The predicted octanol–water partition coefficient (Wildman–Crippen LogP) is 3.03. The van der Waals surface area contributed by atoms with Crippen LogP contribution in [0.4, 0.5) is 0 Å². The van der Waals surface area contributed by atoms with Gasteiger partial charge in [0.1, 0.15) is 6.04 Å². The van der Waals surface area contributed by atoms with Crippen LogP contribution in [0, 0.1) is 28.6 Å². The van der Waals surface area contributed by atoms with Crippen molar-refractivity contribution >= 4 is 5.97 Å². The van der Waals surface area contributed by atoms with E-state index in [9.17, 15) is 9.90 Å². The summed E-state index contributed by atoms with van der Waals surface area (Å²) in [5, 5.41) is 9.38. The highest BCUT2D eigenvalue weighted by molar-refractivity contribution is 5.74. The molecule has 0 aromatic rings. The second kappa shape index (κ2) is 4.21. The second-order valence-corrected chi connectivity index (χ2v) is 8.24. The van der Waals surface area contributed by atoms with Crippen LogP contribution in [0.5, 0.6) is 0 Å². The lowest BCUT2D eigenvalue weighted by molar-refractivity contribution is -0.159. The Labute approximate surface area is 115 Å². The molecule has 3 nitrogen and oxygen atoms in total. The highest BCUT2D eigenvalue weighted by Crippen LogP contribution is 2.67. The van der Waals surface area contributed by atoms with Crippen molar-refractivity contribution in [1.82, 2.24) is 0 Å². The van der Waals surface area contributed by atoms with Gasteiger partial charge in [-0.3, -0.25) is 4.79 Å². The number of nitrogens with two attached hydrogens (primary N) is 1. The zero-order valence-electron chi connectivity index (χ0n) is 12.2. The number of carboxylic acid groups (broad SMARTS) is 1. The molecule has 4 rings (SSSR count). The van der Waals surface area contributed by atoms with Crippen molar-refractivity contribution in [2.24, 2.45) is 34.3 Å². The van der Waals surface area contributed by atoms with E-state index in [1.807, 2.05) is 0 Å². The fraction of sp³-hybridized carbons (Fsp3) is 0.938. The summed E-state index contributed by atoms with van der Waals surface area (Å²) in [5.74, 6) is 1.40. The maximum absolute atomic E-state index is 11.4. The minimum absolute atomic E-state index is 0.0925. The Kier molecular flexibility index (Phi) is 2.97. The Morgan fingerprint density at radius 1 is 1.26 bits per heavy atom. The first-order valence-electron chi connectivity index (χ1n) is 7.83. The molecule has 19 heavy (non-hydrogen) atoms. The van der Waals surface area contributed by atoms with E-state index in [1.54, 1.807) is 0 Å². The molecule has 0 spiro atoms. The minimum Gasteiger partial charge on any atom is -0.480 e. The van der Waals surface area contributed by atoms with Gasteiger partial charge in [-0.1, -0.05) is 13.8 Å². The summed E-state index contributed by atoms with van der Waals surface area (Å²) in [5.41, 5.74) is 6.42. The van der Waals surface area contributed by atoms with Gasteiger partial charge in [0.15, 0.2) is 0 Å². The molecule has 0 aromatic heterocycles. The molecule has 0 radical (unpaired) electrons. The van der Waals surface area contributed by atoms with Crippen LogP contribution in [0.2, 0.25) is 0 Å².